The third-order valence-corrected chi connectivity index (χ3v) is 4.11. The molecule has 0 saturated carbocycles. The highest BCUT2D eigenvalue weighted by Gasteiger charge is 2.11. The number of ketones is 1. The third-order valence-electron chi connectivity index (χ3n) is 3.86. The van der Waals surface area contributed by atoms with Crippen LogP contribution in [0.1, 0.15) is 27.3 Å². The van der Waals surface area contributed by atoms with E-state index in [-0.39, 0.29) is 5.78 Å². The molecule has 0 spiro atoms. The fraction of sp³-hybridized carbons (Fsp3) is 0.158. The monoisotopic (exact) mass is 339 g/mol. The number of aryl methyl sites for hydroxylation is 2. The molecule has 1 aromatic heterocycles. The molecule has 1 heterocycles. The fourth-order valence-corrected chi connectivity index (χ4v) is 2.83. The van der Waals surface area contributed by atoms with Gasteiger partial charge in [0.05, 0.1) is 17.1 Å². The van der Waals surface area contributed by atoms with Crippen molar-refractivity contribution in [3.8, 4) is 5.69 Å². The maximum absolute atomic E-state index is 12.3. The Balaban J connectivity index is 1.83. The van der Waals surface area contributed by atoms with Gasteiger partial charge in [-0.1, -0.05) is 17.7 Å². The Morgan fingerprint density at radius 2 is 1.83 bits per heavy atom. The molecule has 0 aliphatic heterocycles. The van der Waals surface area contributed by atoms with E-state index in [9.17, 15) is 4.79 Å². The minimum Gasteiger partial charge on any atom is -0.397 e. The van der Waals surface area contributed by atoms with Crippen molar-refractivity contribution in [1.82, 2.24) is 9.78 Å². The Hall–Kier alpha value is -2.59. The van der Waals surface area contributed by atoms with Gasteiger partial charge < -0.3 is 5.73 Å². The third kappa shape index (κ3) is 3.34. The summed E-state index contributed by atoms with van der Waals surface area (Å²) in [4.78, 5) is 12.3. The van der Waals surface area contributed by atoms with E-state index >= 15 is 0 Å². The van der Waals surface area contributed by atoms with E-state index < -0.39 is 0 Å². The van der Waals surface area contributed by atoms with Gasteiger partial charge in [-0.2, -0.15) is 5.10 Å². The van der Waals surface area contributed by atoms with Crippen LogP contribution in [0.5, 0.6) is 0 Å². The van der Waals surface area contributed by atoms with E-state index in [1.807, 2.05) is 42.8 Å². The quantitative estimate of drug-likeness (QED) is 0.573. The summed E-state index contributed by atoms with van der Waals surface area (Å²) in [7, 11) is 0. The molecule has 0 radical (unpaired) electrons. The average Bonchev–Trinajstić information content (AvgIpc) is 2.86. The van der Waals surface area contributed by atoms with Crippen molar-refractivity contribution in [2.45, 2.75) is 20.3 Å². The van der Waals surface area contributed by atoms with E-state index in [2.05, 4.69) is 5.10 Å². The van der Waals surface area contributed by atoms with Crippen molar-refractivity contribution >= 4 is 23.1 Å². The lowest BCUT2D eigenvalue weighted by Crippen LogP contribution is -2.07. The summed E-state index contributed by atoms with van der Waals surface area (Å²) in [6.07, 6.45) is 0.295. The topological polar surface area (TPSA) is 60.9 Å². The molecular formula is C19H18ClN3O. The van der Waals surface area contributed by atoms with E-state index in [1.165, 1.54) is 0 Å². The number of Topliss-reactive ketones (excluding diaryl/α,β-unsaturated/α-hetero) is 1. The van der Waals surface area contributed by atoms with Gasteiger partial charge in [0, 0.05) is 22.7 Å². The van der Waals surface area contributed by atoms with Crippen molar-refractivity contribution < 1.29 is 4.79 Å². The molecule has 4 nitrogen and oxygen atoms in total. The lowest BCUT2D eigenvalue weighted by molar-refractivity contribution is 0.0993. The summed E-state index contributed by atoms with van der Waals surface area (Å²) in [5.41, 5.74) is 11.1. The summed E-state index contributed by atoms with van der Waals surface area (Å²) in [5.74, 6) is 0.0323. The molecule has 0 bridgehead atoms. The molecule has 2 N–H and O–H groups in total. The molecule has 0 aliphatic rings. The summed E-state index contributed by atoms with van der Waals surface area (Å²) >= 11 is 5.85. The smallest absolute Gasteiger partial charge is 0.167 e. The zero-order valence-electron chi connectivity index (χ0n) is 13.6. The largest absolute Gasteiger partial charge is 0.397 e. The molecular weight excluding hydrogens is 322 g/mol. The molecule has 2 aromatic carbocycles. The second-order valence-electron chi connectivity index (χ2n) is 5.84. The molecule has 0 fully saturated rings. The van der Waals surface area contributed by atoms with Crippen LogP contribution in [-0.2, 0) is 6.42 Å². The number of benzene rings is 2. The molecule has 3 rings (SSSR count). The van der Waals surface area contributed by atoms with Gasteiger partial charge in [-0.05, 0) is 61.9 Å². The number of carbonyl (C=O) groups excluding carboxylic acids is 1. The Kier molecular flexibility index (Phi) is 4.40. The Morgan fingerprint density at radius 1 is 1.12 bits per heavy atom. The fourth-order valence-electron chi connectivity index (χ4n) is 2.70. The number of halogens is 1. The number of hydrogen-bond donors (Lipinski definition) is 1. The van der Waals surface area contributed by atoms with E-state index in [1.54, 1.807) is 24.3 Å². The molecule has 0 atom stereocenters. The molecule has 24 heavy (non-hydrogen) atoms. The van der Waals surface area contributed by atoms with Crippen LogP contribution in [0.25, 0.3) is 5.69 Å². The van der Waals surface area contributed by atoms with Crippen molar-refractivity contribution in [3.05, 3.63) is 76.1 Å². The number of nitrogens with two attached hydrogens (primary N) is 1. The highest BCUT2D eigenvalue weighted by atomic mass is 35.5. The number of nitrogen functional groups attached to an aromatic ring is 1. The second-order valence-corrected chi connectivity index (χ2v) is 6.28. The van der Waals surface area contributed by atoms with E-state index in [0.29, 0.717) is 22.7 Å². The zero-order chi connectivity index (χ0) is 17.3. The Bertz CT molecular complexity index is 897. The second kappa shape index (κ2) is 6.49. The van der Waals surface area contributed by atoms with Crippen molar-refractivity contribution in [1.29, 1.82) is 0 Å². The van der Waals surface area contributed by atoms with Gasteiger partial charge in [-0.15, -0.1) is 0 Å². The van der Waals surface area contributed by atoms with Crippen LogP contribution in [-0.4, -0.2) is 15.6 Å². The molecule has 0 saturated heterocycles. The maximum atomic E-state index is 12.3. The van der Waals surface area contributed by atoms with Crippen LogP contribution in [0, 0.1) is 13.8 Å². The molecule has 122 valence electrons. The Morgan fingerprint density at radius 3 is 2.42 bits per heavy atom. The first-order valence-corrected chi connectivity index (χ1v) is 8.02. The highest BCUT2D eigenvalue weighted by Crippen LogP contribution is 2.22. The van der Waals surface area contributed by atoms with Gasteiger partial charge in [-0.25, -0.2) is 4.68 Å². The number of nitrogens with zero attached hydrogens (tertiary/aromatic N) is 2. The molecule has 0 unspecified atom stereocenters. The summed E-state index contributed by atoms with van der Waals surface area (Å²) < 4.78 is 1.81. The van der Waals surface area contributed by atoms with Crippen LogP contribution in [0.4, 0.5) is 5.69 Å². The first-order valence-electron chi connectivity index (χ1n) is 7.65. The predicted molar refractivity (Wildman–Crippen MR) is 96.9 cm³/mol. The standard InChI is InChI=1S/C19H18ClN3O/c1-12-9-13(2)23(22-12)18-8-3-14(10-17(18)21)11-19(24)15-4-6-16(20)7-5-15/h3-10H,11,21H2,1-2H3. The highest BCUT2D eigenvalue weighted by molar-refractivity contribution is 6.30. The number of rotatable bonds is 4. The predicted octanol–water partition coefficient (Wildman–Crippen LogP) is 4.15. The van der Waals surface area contributed by atoms with Gasteiger partial charge >= 0.3 is 0 Å². The van der Waals surface area contributed by atoms with Crippen molar-refractivity contribution in [2.24, 2.45) is 0 Å². The van der Waals surface area contributed by atoms with Crippen LogP contribution >= 0.6 is 11.6 Å². The van der Waals surface area contributed by atoms with E-state index in [4.69, 9.17) is 17.3 Å². The van der Waals surface area contributed by atoms with Crippen LogP contribution in [0.3, 0.4) is 0 Å². The van der Waals surface area contributed by atoms with Crippen LogP contribution in [0.15, 0.2) is 48.5 Å². The minimum atomic E-state index is 0.0323. The van der Waals surface area contributed by atoms with Gasteiger partial charge in [0.25, 0.3) is 0 Å². The molecule has 3 aromatic rings. The first kappa shape index (κ1) is 16.3. The summed E-state index contributed by atoms with van der Waals surface area (Å²) in [6.45, 7) is 3.93. The lowest BCUT2D eigenvalue weighted by Gasteiger charge is -2.10. The molecule has 5 heteroatoms. The SMILES string of the molecule is Cc1cc(C)n(-c2ccc(CC(=O)c3ccc(Cl)cc3)cc2N)n1. The first-order chi connectivity index (χ1) is 11.4. The number of carbonyl (C=O) groups is 1. The van der Waals surface area contributed by atoms with Crippen LogP contribution < -0.4 is 5.73 Å². The number of anilines is 1. The van der Waals surface area contributed by atoms with Gasteiger partial charge in [0.1, 0.15) is 0 Å². The van der Waals surface area contributed by atoms with E-state index in [0.717, 1.165) is 22.6 Å². The average molecular weight is 340 g/mol. The van der Waals surface area contributed by atoms with Gasteiger partial charge in [0.2, 0.25) is 0 Å². The molecule has 0 aliphatic carbocycles. The van der Waals surface area contributed by atoms with Crippen molar-refractivity contribution in [2.75, 3.05) is 5.73 Å². The summed E-state index contributed by atoms with van der Waals surface area (Å²) in [5, 5.41) is 5.06. The normalized spacial score (nSPS) is 10.8. The van der Waals surface area contributed by atoms with Crippen molar-refractivity contribution in [3.63, 3.8) is 0 Å². The summed E-state index contributed by atoms with van der Waals surface area (Å²) in [6, 6.07) is 14.5. The Labute approximate surface area is 145 Å². The maximum Gasteiger partial charge on any atom is 0.167 e. The van der Waals surface area contributed by atoms with Crippen LogP contribution in [0.2, 0.25) is 5.02 Å². The zero-order valence-corrected chi connectivity index (χ0v) is 14.3. The lowest BCUT2D eigenvalue weighted by atomic mass is 10.0. The molecule has 0 amide bonds. The minimum absolute atomic E-state index is 0.0323. The number of aromatic nitrogens is 2. The number of hydrogen-bond acceptors (Lipinski definition) is 3. The van der Waals surface area contributed by atoms with Gasteiger partial charge in [0.15, 0.2) is 5.78 Å². The van der Waals surface area contributed by atoms with Gasteiger partial charge in [-0.3, -0.25) is 4.79 Å².